The van der Waals surface area contributed by atoms with Crippen LogP contribution >= 0.6 is 0 Å². The monoisotopic (exact) mass is 219 g/mol. The lowest BCUT2D eigenvalue weighted by atomic mass is 10.2. The lowest BCUT2D eigenvalue weighted by Gasteiger charge is -2.10. The maximum atomic E-state index is 11.3. The Morgan fingerprint density at radius 1 is 1.50 bits per heavy atom. The van der Waals surface area contributed by atoms with E-state index in [0.29, 0.717) is 17.9 Å². The van der Waals surface area contributed by atoms with E-state index in [2.05, 4.69) is 16.0 Å². The summed E-state index contributed by atoms with van der Waals surface area (Å²) in [6.45, 7) is 0.397. The van der Waals surface area contributed by atoms with Gasteiger partial charge in [-0.25, -0.2) is 4.79 Å². The molecule has 0 radical (unpaired) electrons. The zero-order chi connectivity index (χ0) is 12.0. The molecule has 0 aliphatic heterocycles. The summed E-state index contributed by atoms with van der Waals surface area (Å²) in [5.41, 5.74) is 1.18. The van der Waals surface area contributed by atoms with Crippen LogP contribution in [-0.2, 0) is 4.74 Å². The molecular weight excluding hydrogens is 206 g/mol. The third kappa shape index (κ3) is 2.67. The van der Waals surface area contributed by atoms with Gasteiger partial charge >= 0.3 is 5.97 Å². The zero-order valence-corrected chi connectivity index (χ0v) is 9.24. The second kappa shape index (κ2) is 5.66. The van der Waals surface area contributed by atoms with Gasteiger partial charge in [0.05, 0.1) is 32.0 Å². The number of hydrogen-bond donors (Lipinski definition) is 1. The first-order valence-electron chi connectivity index (χ1n) is 4.66. The minimum atomic E-state index is -0.401. The van der Waals surface area contributed by atoms with Crippen molar-refractivity contribution in [2.24, 2.45) is 0 Å². The van der Waals surface area contributed by atoms with Gasteiger partial charge in [-0.05, 0) is 18.2 Å². The van der Waals surface area contributed by atoms with Crippen molar-refractivity contribution in [3.8, 4) is 18.1 Å². The molecule has 0 heterocycles. The number of terminal acetylenes is 1. The molecule has 0 saturated carbocycles. The Bertz CT molecular complexity index is 421. The highest BCUT2D eigenvalue weighted by molar-refractivity contribution is 5.90. The largest absolute Gasteiger partial charge is 0.495 e. The molecule has 0 bridgehead atoms. The maximum Gasteiger partial charge on any atom is 0.337 e. The van der Waals surface area contributed by atoms with Crippen LogP contribution in [0.2, 0.25) is 0 Å². The molecule has 0 aliphatic carbocycles. The smallest absolute Gasteiger partial charge is 0.337 e. The van der Waals surface area contributed by atoms with Crippen molar-refractivity contribution in [3.63, 3.8) is 0 Å². The highest BCUT2D eigenvalue weighted by Crippen LogP contribution is 2.25. The van der Waals surface area contributed by atoms with Crippen LogP contribution in [0.25, 0.3) is 0 Å². The van der Waals surface area contributed by atoms with E-state index >= 15 is 0 Å². The minimum Gasteiger partial charge on any atom is -0.495 e. The van der Waals surface area contributed by atoms with Crippen molar-refractivity contribution in [2.45, 2.75) is 0 Å². The summed E-state index contributed by atoms with van der Waals surface area (Å²) in [6, 6.07) is 4.97. The van der Waals surface area contributed by atoms with Crippen LogP contribution in [0, 0.1) is 12.3 Å². The van der Waals surface area contributed by atoms with Gasteiger partial charge in [0.15, 0.2) is 0 Å². The summed E-state index contributed by atoms with van der Waals surface area (Å²) in [5, 5.41) is 2.98. The van der Waals surface area contributed by atoms with Crippen molar-refractivity contribution in [1.82, 2.24) is 0 Å². The molecule has 1 aromatic rings. The standard InChI is InChI=1S/C12H13NO3/c1-4-7-13-10-6-5-9(12(14)16-3)8-11(10)15-2/h1,5-6,8,13H,7H2,2-3H3. The molecule has 16 heavy (non-hydrogen) atoms. The number of methoxy groups -OCH3 is 2. The fourth-order valence-electron chi connectivity index (χ4n) is 1.23. The Balaban J connectivity index is 2.98. The van der Waals surface area contributed by atoms with Crippen LogP contribution in [0.5, 0.6) is 5.75 Å². The molecule has 0 spiro atoms. The number of benzene rings is 1. The third-order valence-corrected chi connectivity index (χ3v) is 2.00. The van der Waals surface area contributed by atoms with Crippen LogP contribution in [0.3, 0.4) is 0 Å². The first kappa shape index (κ1) is 11.9. The Labute approximate surface area is 94.6 Å². The maximum absolute atomic E-state index is 11.3. The van der Waals surface area contributed by atoms with Gasteiger partial charge in [-0.15, -0.1) is 6.42 Å². The van der Waals surface area contributed by atoms with Crippen molar-refractivity contribution in [2.75, 3.05) is 26.1 Å². The van der Waals surface area contributed by atoms with Crippen LogP contribution < -0.4 is 10.1 Å². The first-order chi connectivity index (χ1) is 7.72. The summed E-state index contributed by atoms with van der Waals surface area (Å²) >= 11 is 0. The van der Waals surface area contributed by atoms with E-state index in [1.165, 1.54) is 14.2 Å². The van der Waals surface area contributed by atoms with Gasteiger partial charge in [0.25, 0.3) is 0 Å². The number of rotatable bonds is 4. The van der Waals surface area contributed by atoms with E-state index in [1.54, 1.807) is 18.2 Å². The van der Waals surface area contributed by atoms with Crippen LogP contribution in [-0.4, -0.2) is 26.7 Å². The Morgan fingerprint density at radius 3 is 2.81 bits per heavy atom. The number of ether oxygens (including phenoxy) is 2. The molecule has 4 heteroatoms. The lowest BCUT2D eigenvalue weighted by Crippen LogP contribution is -2.04. The number of nitrogens with one attached hydrogen (secondary N) is 1. The number of esters is 1. The topological polar surface area (TPSA) is 47.6 Å². The highest BCUT2D eigenvalue weighted by Gasteiger charge is 2.09. The number of carbonyl (C=O) groups is 1. The molecule has 0 fully saturated rings. The van der Waals surface area contributed by atoms with Crippen molar-refractivity contribution in [1.29, 1.82) is 0 Å². The second-order valence-electron chi connectivity index (χ2n) is 2.96. The highest BCUT2D eigenvalue weighted by atomic mass is 16.5. The Kier molecular flexibility index (Phi) is 4.22. The van der Waals surface area contributed by atoms with Gasteiger partial charge in [-0.3, -0.25) is 0 Å². The van der Waals surface area contributed by atoms with E-state index in [9.17, 15) is 4.79 Å². The van der Waals surface area contributed by atoms with E-state index in [0.717, 1.165) is 5.69 Å². The minimum absolute atomic E-state index is 0.397. The third-order valence-electron chi connectivity index (χ3n) is 2.00. The summed E-state index contributed by atoms with van der Waals surface area (Å²) < 4.78 is 9.75. The molecule has 84 valence electrons. The summed E-state index contributed by atoms with van der Waals surface area (Å²) in [6.07, 6.45) is 5.14. The molecule has 1 N–H and O–H groups in total. The van der Waals surface area contributed by atoms with Crippen molar-refractivity contribution in [3.05, 3.63) is 23.8 Å². The molecule has 0 amide bonds. The quantitative estimate of drug-likeness (QED) is 0.616. The van der Waals surface area contributed by atoms with E-state index in [1.807, 2.05) is 0 Å². The molecule has 0 aliphatic rings. The fourth-order valence-corrected chi connectivity index (χ4v) is 1.23. The first-order valence-corrected chi connectivity index (χ1v) is 4.66. The SMILES string of the molecule is C#CCNc1ccc(C(=O)OC)cc1OC. The van der Waals surface area contributed by atoms with Gasteiger partial charge in [0.2, 0.25) is 0 Å². The fraction of sp³-hybridized carbons (Fsp3) is 0.250. The van der Waals surface area contributed by atoms with E-state index in [4.69, 9.17) is 11.2 Å². The van der Waals surface area contributed by atoms with Gasteiger partial charge in [0.1, 0.15) is 5.75 Å². The number of hydrogen-bond acceptors (Lipinski definition) is 4. The average molecular weight is 219 g/mol. The molecule has 4 nitrogen and oxygen atoms in total. The van der Waals surface area contributed by atoms with Crippen LogP contribution in [0.4, 0.5) is 5.69 Å². The molecule has 1 aromatic carbocycles. The number of carbonyl (C=O) groups excluding carboxylic acids is 1. The van der Waals surface area contributed by atoms with Gasteiger partial charge in [-0.1, -0.05) is 5.92 Å². The Hall–Kier alpha value is -2.15. The Morgan fingerprint density at radius 2 is 2.25 bits per heavy atom. The van der Waals surface area contributed by atoms with Gasteiger partial charge in [0, 0.05) is 0 Å². The predicted octanol–water partition coefficient (Wildman–Crippen LogP) is 1.53. The van der Waals surface area contributed by atoms with Crippen molar-refractivity contribution >= 4 is 11.7 Å². The van der Waals surface area contributed by atoms with E-state index < -0.39 is 5.97 Å². The van der Waals surface area contributed by atoms with Crippen molar-refractivity contribution < 1.29 is 14.3 Å². The zero-order valence-electron chi connectivity index (χ0n) is 9.24. The van der Waals surface area contributed by atoms with Crippen LogP contribution in [0.15, 0.2) is 18.2 Å². The molecule has 1 rings (SSSR count). The van der Waals surface area contributed by atoms with E-state index in [-0.39, 0.29) is 0 Å². The van der Waals surface area contributed by atoms with Gasteiger partial charge in [-0.2, -0.15) is 0 Å². The molecule has 0 saturated heterocycles. The molecular formula is C12H13NO3. The van der Waals surface area contributed by atoms with Gasteiger partial charge < -0.3 is 14.8 Å². The summed E-state index contributed by atoms with van der Waals surface area (Å²) in [7, 11) is 2.86. The molecule has 0 atom stereocenters. The second-order valence-corrected chi connectivity index (χ2v) is 2.96. The average Bonchev–Trinajstić information content (AvgIpc) is 2.35. The number of anilines is 1. The molecule has 0 aromatic heterocycles. The normalized spacial score (nSPS) is 9.06. The lowest BCUT2D eigenvalue weighted by molar-refractivity contribution is 0.0600. The summed E-state index contributed by atoms with van der Waals surface area (Å²) in [5.74, 6) is 2.61. The molecule has 0 unspecified atom stereocenters. The van der Waals surface area contributed by atoms with Crippen LogP contribution in [0.1, 0.15) is 10.4 Å². The predicted molar refractivity (Wildman–Crippen MR) is 61.7 cm³/mol. The summed E-state index contributed by atoms with van der Waals surface area (Å²) in [4.78, 5) is 11.3.